The number of nitrogens with one attached hydrogen (secondary N) is 1. The highest BCUT2D eigenvalue weighted by Gasteiger charge is 2.47. The van der Waals surface area contributed by atoms with Gasteiger partial charge >= 0.3 is 0 Å². The Labute approximate surface area is 206 Å². The molecule has 2 aromatic rings. The predicted molar refractivity (Wildman–Crippen MR) is 139 cm³/mol. The van der Waals surface area contributed by atoms with Gasteiger partial charge in [0.2, 0.25) is 11.8 Å². The molecule has 0 radical (unpaired) electrons. The molecule has 8 nitrogen and oxygen atoms in total. The minimum atomic E-state index is -0.686. The number of aromatic nitrogens is 1. The summed E-state index contributed by atoms with van der Waals surface area (Å²) in [5.74, 6) is 1.42. The Hall–Kier alpha value is -2.52. The zero-order valence-corrected chi connectivity index (χ0v) is 21.7. The number of fused-ring (bicyclic) bond motifs is 1. The summed E-state index contributed by atoms with van der Waals surface area (Å²) in [7, 11) is 1.66. The van der Waals surface area contributed by atoms with E-state index in [2.05, 4.69) is 17.2 Å². The summed E-state index contributed by atoms with van der Waals surface area (Å²) >= 11 is 1.66. The van der Waals surface area contributed by atoms with Crippen LogP contribution in [-0.4, -0.2) is 76.6 Å². The van der Waals surface area contributed by atoms with Gasteiger partial charge < -0.3 is 25.6 Å². The monoisotopic (exact) mass is 487 g/mol. The number of carbonyl (C=O) groups is 2. The average molecular weight is 488 g/mol. The molecule has 3 N–H and O–H groups in total. The van der Waals surface area contributed by atoms with Crippen molar-refractivity contribution in [3.05, 3.63) is 30.5 Å². The number of nitrogens with zero attached hydrogens (tertiary/aromatic N) is 3. The fraction of sp³-hybridized carbons (Fsp3) is 0.560. The van der Waals surface area contributed by atoms with Gasteiger partial charge in [0.15, 0.2) is 0 Å². The van der Waals surface area contributed by atoms with Gasteiger partial charge in [-0.2, -0.15) is 11.8 Å². The molecule has 1 fully saturated rings. The Morgan fingerprint density at radius 3 is 2.82 bits per heavy atom. The van der Waals surface area contributed by atoms with Crippen molar-refractivity contribution < 1.29 is 14.3 Å². The summed E-state index contributed by atoms with van der Waals surface area (Å²) in [5.41, 5.74) is 7.25. The lowest BCUT2D eigenvalue weighted by Crippen LogP contribution is -2.55. The summed E-state index contributed by atoms with van der Waals surface area (Å²) in [6, 6.07) is 7.45. The van der Waals surface area contributed by atoms with Gasteiger partial charge in [0, 0.05) is 30.2 Å². The number of benzene rings is 1. The van der Waals surface area contributed by atoms with Crippen LogP contribution in [0.1, 0.15) is 40.0 Å². The number of ether oxygens (including phenoxy) is 1. The molecule has 3 rings (SSSR count). The first-order chi connectivity index (χ1) is 16.2. The zero-order chi connectivity index (χ0) is 24.9. The van der Waals surface area contributed by atoms with Crippen LogP contribution in [-0.2, 0) is 9.59 Å². The number of amides is 2. The molecular formula is C25H37N5O3S. The number of hydrogen-bond acceptors (Lipinski definition) is 7. The van der Waals surface area contributed by atoms with Gasteiger partial charge in [0.25, 0.3) is 0 Å². The maximum Gasteiger partial charge on any atom is 0.244 e. The minimum Gasteiger partial charge on any atom is -0.497 e. The van der Waals surface area contributed by atoms with E-state index in [0.29, 0.717) is 13.0 Å². The molecule has 2 atom stereocenters. The van der Waals surface area contributed by atoms with E-state index in [4.69, 9.17) is 10.5 Å². The molecule has 1 aliphatic heterocycles. The number of hydrogen-bond donors (Lipinski definition) is 2. The van der Waals surface area contributed by atoms with Gasteiger partial charge in [0.05, 0.1) is 24.4 Å². The van der Waals surface area contributed by atoms with Crippen LogP contribution in [0.2, 0.25) is 0 Å². The van der Waals surface area contributed by atoms with Gasteiger partial charge in [-0.15, -0.1) is 0 Å². The quantitative estimate of drug-likeness (QED) is 0.501. The first-order valence-corrected chi connectivity index (χ1v) is 13.1. The summed E-state index contributed by atoms with van der Waals surface area (Å²) in [6.45, 7) is 6.64. The molecule has 1 aromatic heterocycles. The summed E-state index contributed by atoms with van der Waals surface area (Å²) in [4.78, 5) is 33.6. The van der Waals surface area contributed by atoms with Crippen LogP contribution in [0.25, 0.3) is 10.9 Å². The van der Waals surface area contributed by atoms with E-state index >= 15 is 0 Å². The second-order valence-corrected chi connectivity index (χ2v) is 10.3. The van der Waals surface area contributed by atoms with Crippen molar-refractivity contribution in [2.45, 2.75) is 57.8 Å². The third-order valence-electron chi connectivity index (χ3n) is 6.47. The number of thioether (sulfide) groups is 1. The maximum atomic E-state index is 12.9. The normalized spacial score (nSPS) is 17.2. The molecule has 0 saturated carbocycles. The van der Waals surface area contributed by atoms with E-state index < -0.39 is 11.7 Å². The molecule has 1 unspecified atom stereocenters. The van der Waals surface area contributed by atoms with Gasteiger partial charge in [0.1, 0.15) is 18.0 Å². The van der Waals surface area contributed by atoms with E-state index in [9.17, 15) is 9.59 Å². The first kappa shape index (κ1) is 26.1. The molecule has 1 aromatic carbocycles. The molecule has 2 amide bonds. The topological polar surface area (TPSA) is 101 Å². The van der Waals surface area contributed by atoms with Crippen LogP contribution in [0.15, 0.2) is 30.5 Å². The third-order valence-corrected chi connectivity index (χ3v) is 7.11. The first-order valence-electron chi connectivity index (χ1n) is 11.7. The molecule has 2 heterocycles. The van der Waals surface area contributed by atoms with Crippen molar-refractivity contribution in [2.24, 2.45) is 5.73 Å². The fourth-order valence-corrected chi connectivity index (χ4v) is 4.95. The van der Waals surface area contributed by atoms with Crippen LogP contribution in [0.3, 0.4) is 0 Å². The van der Waals surface area contributed by atoms with Crippen LogP contribution in [0.5, 0.6) is 5.75 Å². The van der Waals surface area contributed by atoms with E-state index in [1.165, 1.54) is 0 Å². The molecule has 1 saturated heterocycles. The summed E-state index contributed by atoms with van der Waals surface area (Å²) in [6.07, 6.45) is 6.04. The second-order valence-electron chi connectivity index (χ2n) is 9.29. The van der Waals surface area contributed by atoms with Crippen molar-refractivity contribution in [2.75, 3.05) is 37.5 Å². The molecule has 9 heteroatoms. The van der Waals surface area contributed by atoms with Crippen LogP contribution in [0.4, 0.5) is 5.69 Å². The van der Waals surface area contributed by atoms with Gasteiger partial charge in [-0.3, -0.25) is 14.6 Å². The standard InChI is InChI=1S/C25H37N5O3S/c1-17(28-21-15-19(33-4)14-18-9-6-11-27-23(18)21)8-7-12-29-22(31)16-30(25(29,2)3)24(32)20(26)10-13-34-5/h6,9,11,14-15,17,20,28H,7-8,10,12-13,16,26H2,1-5H3/t17?,20-/m0/s1. The fourth-order valence-electron chi connectivity index (χ4n) is 4.47. The predicted octanol–water partition coefficient (Wildman–Crippen LogP) is 3.31. The van der Waals surface area contributed by atoms with Crippen LogP contribution < -0.4 is 15.8 Å². The molecule has 186 valence electrons. The smallest absolute Gasteiger partial charge is 0.244 e. The lowest BCUT2D eigenvalue weighted by atomic mass is 10.1. The average Bonchev–Trinajstić information content (AvgIpc) is 3.04. The molecular weight excluding hydrogens is 450 g/mol. The van der Waals surface area contributed by atoms with E-state index in [1.807, 2.05) is 44.4 Å². The summed E-state index contributed by atoms with van der Waals surface area (Å²) in [5, 5.41) is 4.56. The zero-order valence-electron chi connectivity index (χ0n) is 20.8. The Morgan fingerprint density at radius 1 is 1.35 bits per heavy atom. The highest BCUT2D eigenvalue weighted by atomic mass is 32.2. The van der Waals surface area contributed by atoms with Crippen molar-refractivity contribution in [3.63, 3.8) is 0 Å². The highest BCUT2D eigenvalue weighted by molar-refractivity contribution is 7.98. The van der Waals surface area contributed by atoms with Crippen LogP contribution in [0, 0.1) is 0 Å². The Kier molecular flexibility index (Phi) is 8.65. The molecule has 1 aliphatic rings. The minimum absolute atomic E-state index is 0.0287. The van der Waals surface area contributed by atoms with E-state index in [0.717, 1.165) is 40.9 Å². The Morgan fingerprint density at radius 2 is 2.12 bits per heavy atom. The number of methoxy groups -OCH3 is 1. The van der Waals surface area contributed by atoms with E-state index in [1.54, 1.807) is 34.9 Å². The summed E-state index contributed by atoms with van der Waals surface area (Å²) < 4.78 is 5.44. The Balaban J connectivity index is 1.59. The van der Waals surface area contributed by atoms with Crippen molar-refractivity contribution in [1.82, 2.24) is 14.8 Å². The largest absolute Gasteiger partial charge is 0.497 e. The van der Waals surface area contributed by atoms with Gasteiger partial charge in [-0.1, -0.05) is 6.07 Å². The number of carbonyl (C=O) groups excluding carboxylic acids is 2. The number of pyridine rings is 1. The van der Waals surface area contributed by atoms with Crippen molar-refractivity contribution in [3.8, 4) is 5.75 Å². The molecule has 0 bridgehead atoms. The lowest BCUT2D eigenvalue weighted by Gasteiger charge is -2.38. The molecule has 34 heavy (non-hydrogen) atoms. The van der Waals surface area contributed by atoms with Crippen molar-refractivity contribution >= 4 is 40.2 Å². The van der Waals surface area contributed by atoms with Gasteiger partial charge in [-0.05, 0) is 64.2 Å². The van der Waals surface area contributed by atoms with Crippen LogP contribution >= 0.6 is 11.8 Å². The number of anilines is 1. The van der Waals surface area contributed by atoms with E-state index in [-0.39, 0.29) is 24.4 Å². The second kappa shape index (κ2) is 11.3. The molecule has 0 spiro atoms. The number of rotatable bonds is 11. The molecule has 0 aliphatic carbocycles. The Bertz CT molecular complexity index is 1020. The highest BCUT2D eigenvalue weighted by Crippen LogP contribution is 2.30. The number of nitrogens with two attached hydrogens (primary N) is 1. The SMILES string of the molecule is COc1cc(NC(C)CCCN2C(=O)CN(C(=O)[C@@H](N)CCSC)C2(C)C)c2ncccc2c1. The third kappa shape index (κ3) is 5.75. The maximum absolute atomic E-state index is 12.9. The van der Waals surface area contributed by atoms with Crippen molar-refractivity contribution in [1.29, 1.82) is 0 Å². The lowest BCUT2D eigenvalue weighted by molar-refractivity contribution is -0.139. The van der Waals surface area contributed by atoms with Gasteiger partial charge in [-0.25, -0.2) is 0 Å².